The van der Waals surface area contributed by atoms with Crippen molar-refractivity contribution in [1.82, 2.24) is 15.5 Å². The highest BCUT2D eigenvalue weighted by atomic mass is 16.6. The molecule has 0 radical (unpaired) electrons. The molecule has 2 amide bonds. The summed E-state index contributed by atoms with van der Waals surface area (Å²) in [5.74, 6) is -2.01. The lowest BCUT2D eigenvalue weighted by Gasteiger charge is -2.56. The summed E-state index contributed by atoms with van der Waals surface area (Å²) in [5.41, 5.74) is 0.949. The molecule has 0 saturated carbocycles. The maximum atomic E-state index is 13.4. The Bertz CT molecular complexity index is 1630. The molecule has 2 aromatic rings. The van der Waals surface area contributed by atoms with Gasteiger partial charge < -0.3 is 40.0 Å². The summed E-state index contributed by atoms with van der Waals surface area (Å²) in [6, 6.07) is 10.1. The van der Waals surface area contributed by atoms with Crippen LogP contribution >= 0.6 is 0 Å². The smallest absolute Gasteiger partial charge is 0.352 e. The van der Waals surface area contributed by atoms with Crippen molar-refractivity contribution in [3.05, 3.63) is 76.6 Å². The second kappa shape index (κ2) is 12.4. The molecular weight excluding hydrogens is 606 g/mol. The number of aliphatic hydroxyl groups excluding tert-OH is 1. The van der Waals surface area contributed by atoms with Gasteiger partial charge in [0.2, 0.25) is 11.8 Å². The summed E-state index contributed by atoms with van der Waals surface area (Å²) < 4.78 is 17.8. The average Bonchev–Trinajstić information content (AvgIpc) is 3.38. The number of likely N-dealkylation sites (tertiary alicyclic amines) is 1. The van der Waals surface area contributed by atoms with Crippen LogP contribution in [0.3, 0.4) is 0 Å². The lowest BCUT2D eigenvalue weighted by atomic mass is 9.52. The molecule has 7 atom stereocenters. The van der Waals surface area contributed by atoms with Gasteiger partial charge >= 0.3 is 11.9 Å². The van der Waals surface area contributed by atoms with Crippen molar-refractivity contribution < 1.29 is 43.6 Å². The molecule has 2 bridgehead atoms. The zero-order valence-electron chi connectivity index (χ0n) is 26.9. The van der Waals surface area contributed by atoms with Crippen LogP contribution in [0.5, 0.6) is 5.75 Å². The molecule has 250 valence electrons. The van der Waals surface area contributed by atoms with E-state index in [1.165, 1.54) is 20.8 Å². The SMILES string of the molecule is CC(=O)N[C@H](C(=O)N[C@@H](C)C(=O)O[C@@H](C)C(=O)OC1=CC[C@@]2(O)[C@H]3Cc4ccc(CO)c5c4[C@@]2(CCCN3C)[C@H]1O5)c1ccccc1. The number of ether oxygens (including phenoxy) is 3. The summed E-state index contributed by atoms with van der Waals surface area (Å²) in [5, 5.41) is 27.8. The van der Waals surface area contributed by atoms with Crippen molar-refractivity contribution in [2.75, 3.05) is 13.6 Å². The van der Waals surface area contributed by atoms with E-state index in [0.29, 0.717) is 29.7 Å². The summed E-state index contributed by atoms with van der Waals surface area (Å²) in [6.07, 6.45) is 1.73. The third-order valence-electron chi connectivity index (χ3n) is 10.1. The normalized spacial score (nSPS) is 27.5. The summed E-state index contributed by atoms with van der Waals surface area (Å²) in [6.45, 7) is 4.62. The largest absolute Gasteiger partial charge is 0.481 e. The van der Waals surface area contributed by atoms with Gasteiger partial charge in [0.15, 0.2) is 12.2 Å². The third kappa shape index (κ3) is 5.38. The van der Waals surface area contributed by atoms with Crippen LogP contribution < -0.4 is 15.4 Å². The Kier molecular flexibility index (Phi) is 8.62. The Morgan fingerprint density at radius 3 is 2.53 bits per heavy atom. The molecule has 2 aliphatic heterocycles. The van der Waals surface area contributed by atoms with Crippen LogP contribution in [0.4, 0.5) is 0 Å². The molecule has 6 rings (SSSR count). The highest BCUT2D eigenvalue weighted by Crippen LogP contribution is 2.64. The zero-order chi connectivity index (χ0) is 33.7. The third-order valence-corrected chi connectivity index (χ3v) is 10.1. The fraction of sp³-hybridized carbons (Fsp3) is 0.486. The number of rotatable bonds is 9. The van der Waals surface area contributed by atoms with Gasteiger partial charge in [-0.1, -0.05) is 42.5 Å². The molecule has 1 fully saturated rings. The second-order valence-corrected chi connectivity index (χ2v) is 13.0. The number of hydrogen-bond donors (Lipinski definition) is 4. The Morgan fingerprint density at radius 2 is 1.83 bits per heavy atom. The van der Waals surface area contributed by atoms with Crippen molar-refractivity contribution in [1.29, 1.82) is 0 Å². The molecule has 1 spiro atoms. The average molecular weight is 648 g/mol. The van der Waals surface area contributed by atoms with Gasteiger partial charge in [-0.2, -0.15) is 0 Å². The van der Waals surface area contributed by atoms with Crippen molar-refractivity contribution in [2.45, 2.75) is 94.4 Å². The van der Waals surface area contributed by atoms with Crippen LogP contribution in [0.1, 0.15) is 68.3 Å². The molecule has 12 nitrogen and oxygen atoms in total. The number of benzene rings is 2. The molecule has 1 saturated heterocycles. The highest BCUT2D eigenvalue weighted by molar-refractivity contribution is 5.91. The van der Waals surface area contributed by atoms with Crippen molar-refractivity contribution in [3.63, 3.8) is 0 Å². The van der Waals surface area contributed by atoms with Gasteiger partial charge in [-0.15, -0.1) is 0 Å². The van der Waals surface area contributed by atoms with Gasteiger partial charge in [0, 0.05) is 30.5 Å². The first-order valence-electron chi connectivity index (χ1n) is 16.0. The van der Waals surface area contributed by atoms with E-state index >= 15 is 0 Å². The highest BCUT2D eigenvalue weighted by Gasteiger charge is 2.70. The number of aliphatic hydroxyl groups is 2. The van der Waals surface area contributed by atoms with Gasteiger partial charge in [0.1, 0.15) is 23.6 Å². The molecule has 12 heteroatoms. The van der Waals surface area contributed by atoms with E-state index in [9.17, 15) is 29.4 Å². The van der Waals surface area contributed by atoms with E-state index in [1.807, 2.05) is 19.2 Å². The molecular formula is C35H41N3O9. The molecule has 47 heavy (non-hydrogen) atoms. The van der Waals surface area contributed by atoms with Crippen LogP contribution in [-0.2, 0) is 47.1 Å². The van der Waals surface area contributed by atoms with Gasteiger partial charge in [0.05, 0.1) is 17.6 Å². The molecule has 4 N–H and O–H groups in total. The summed E-state index contributed by atoms with van der Waals surface area (Å²) in [7, 11) is 2.01. The minimum Gasteiger partial charge on any atom is -0.481 e. The Labute approximate surface area is 273 Å². The number of hydrogen-bond acceptors (Lipinski definition) is 10. The van der Waals surface area contributed by atoms with E-state index in [2.05, 4.69) is 15.5 Å². The first-order valence-corrected chi connectivity index (χ1v) is 16.0. The van der Waals surface area contributed by atoms with Gasteiger partial charge in [0.25, 0.3) is 0 Å². The predicted molar refractivity (Wildman–Crippen MR) is 168 cm³/mol. The predicted octanol–water partition coefficient (Wildman–Crippen LogP) is 1.70. The van der Waals surface area contributed by atoms with E-state index in [0.717, 1.165) is 24.1 Å². The molecule has 0 aromatic heterocycles. The number of amides is 2. The number of carbonyl (C=O) groups is 4. The molecule has 0 unspecified atom stereocenters. The quantitative estimate of drug-likeness (QED) is 0.295. The standard InChI is InChI=1S/C35H41N3O9/c1-19(36-31(41)28(37-21(3)40)22-9-6-5-7-10-22)32(42)45-20(2)33(43)46-25-13-15-35(44)26-17-23-11-12-24(18-39)29-27(23)34(35,30(25)47-29)14-8-16-38(26)4/h5-7,9-13,19-20,26,28,30,39,44H,8,14-18H2,1-4H3,(H,36,41)(H,37,40)/t19-,20-,26+,28-,30-,34-,35+/m0/s1. The number of nitrogens with zero attached hydrogens (tertiary/aromatic N) is 1. The van der Waals surface area contributed by atoms with Crippen LogP contribution in [0.2, 0.25) is 0 Å². The second-order valence-electron chi connectivity index (χ2n) is 13.0. The van der Waals surface area contributed by atoms with E-state index in [4.69, 9.17) is 14.2 Å². The van der Waals surface area contributed by atoms with Crippen molar-refractivity contribution in [3.8, 4) is 5.75 Å². The van der Waals surface area contributed by atoms with Crippen molar-refractivity contribution >= 4 is 23.8 Å². The van der Waals surface area contributed by atoms with Crippen LogP contribution in [0, 0.1) is 0 Å². The van der Waals surface area contributed by atoms with E-state index in [-0.39, 0.29) is 24.8 Å². The van der Waals surface area contributed by atoms with Crippen molar-refractivity contribution in [2.24, 2.45) is 0 Å². The maximum Gasteiger partial charge on any atom is 0.352 e. The summed E-state index contributed by atoms with van der Waals surface area (Å²) in [4.78, 5) is 53.4. The number of nitrogens with one attached hydrogen (secondary N) is 2. The minimum absolute atomic E-state index is 0.188. The van der Waals surface area contributed by atoms with Crippen LogP contribution in [-0.4, -0.2) is 82.4 Å². The summed E-state index contributed by atoms with van der Waals surface area (Å²) >= 11 is 0. The fourth-order valence-corrected chi connectivity index (χ4v) is 7.91. The Balaban J connectivity index is 1.18. The zero-order valence-corrected chi connectivity index (χ0v) is 26.9. The lowest BCUT2D eigenvalue weighted by Crippen LogP contribution is -2.69. The number of esters is 2. The molecule has 2 aliphatic carbocycles. The maximum absolute atomic E-state index is 13.4. The van der Waals surface area contributed by atoms with Gasteiger partial charge in [-0.05, 0) is 63.9 Å². The Morgan fingerprint density at radius 1 is 1.09 bits per heavy atom. The topological polar surface area (TPSA) is 164 Å². The number of likely N-dealkylation sites (N-methyl/N-ethyl adjacent to an activating group) is 1. The molecule has 4 aliphatic rings. The van der Waals surface area contributed by atoms with Crippen LogP contribution in [0.15, 0.2) is 54.3 Å². The number of carbonyl (C=O) groups excluding carboxylic acids is 4. The van der Waals surface area contributed by atoms with E-state index in [1.54, 1.807) is 36.4 Å². The Hall–Kier alpha value is -4.26. The van der Waals surface area contributed by atoms with Gasteiger partial charge in [-0.25, -0.2) is 9.59 Å². The van der Waals surface area contributed by atoms with E-state index < -0.39 is 59.1 Å². The van der Waals surface area contributed by atoms with Crippen LogP contribution in [0.25, 0.3) is 0 Å². The molecule has 2 aromatic carbocycles. The first kappa shape index (κ1) is 32.7. The first-order chi connectivity index (χ1) is 22.4. The monoisotopic (exact) mass is 647 g/mol. The lowest BCUT2D eigenvalue weighted by molar-refractivity contribution is -0.169. The minimum atomic E-state index is -1.34. The molecule has 2 heterocycles. The fourth-order valence-electron chi connectivity index (χ4n) is 7.91. The van der Waals surface area contributed by atoms with Gasteiger partial charge in [-0.3, -0.25) is 9.59 Å².